The molecule has 1 N–H and O–H groups in total. The smallest absolute Gasteiger partial charge is 0.271 e. The Kier molecular flexibility index (Phi) is 4.91. The topological polar surface area (TPSA) is 72.2 Å². The van der Waals surface area contributed by atoms with Gasteiger partial charge < -0.3 is 5.32 Å². The quantitative estimate of drug-likeness (QED) is 0.519. The van der Waals surface area contributed by atoms with Gasteiger partial charge in [0.1, 0.15) is 0 Å². The van der Waals surface area contributed by atoms with Gasteiger partial charge in [-0.2, -0.15) is 0 Å². The normalized spacial score (nSPS) is 11.1. The average molecular weight is 317 g/mol. The Morgan fingerprint density at radius 1 is 1.23 bits per heavy atom. The predicted octanol–water partition coefficient (Wildman–Crippen LogP) is 4.29. The van der Waals surface area contributed by atoms with Gasteiger partial charge in [-0.1, -0.05) is 41.9 Å². The highest BCUT2D eigenvalue weighted by molar-refractivity contribution is 6.34. The Bertz CT molecular complexity index is 742. The number of anilines is 1. The number of nitro benzene ring substituents is 1. The number of nitrogens with zero attached hydrogens (tertiary/aromatic N) is 1. The van der Waals surface area contributed by atoms with E-state index >= 15 is 0 Å². The van der Waals surface area contributed by atoms with Crippen molar-refractivity contribution in [2.45, 2.75) is 6.92 Å². The first-order valence-corrected chi connectivity index (χ1v) is 6.84. The van der Waals surface area contributed by atoms with E-state index < -0.39 is 4.92 Å². The number of carbonyl (C=O) groups excluding carboxylic acids is 1. The summed E-state index contributed by atoms with van der Waals surface area (Å²) in [7, 11) is 0. The van der Waals surface area contributed by atoms with Crippen LogP contribution in [0.15, 0.2) is 54.1 Å². The van der Waals surface area contributed by atoms with E-state index in [2.05, 4.69) is 5.32 Å². The molecule has 0 atom stereocenters. The molecule has 6 heteroatoms. The van der Waals surface area contributed by atoms with E-state index in [9.17, 15) is 14.9 Å². The van der Waals surface area contributed by atoms with Crippen LogP contribution in [0.3, 0.4) is 0 Å². The highest BCUT2D eigenvalue weighted by Crippen LogP contribution is 2.27. The number of hydrogen-bond acceptors (Lipinski definition) is 3. The Labute approximate surface area is 132 Å². The molecule has 0 unspecified atom stereocenters. The zero-order chi connectivity index (χ0) is 16.1. The van der Waals surface area contributed by atoms with Gasteiger partial charge in [-0.05, 0) is 24.6 Å². The molecule has 0 aliphatic rings. The Hall–Kier alpha value is -2.66. The largest absolute Gasteiger partial charge is 0.321 e. The van der Waals surface area contributed by atoms with E-state index in [-0.39, 0.29) is 22.3 Å². The number of benzene rings is 2. The van der Waals surface area contributed by atoms with Crippen LogP contribution in [0.1, 0.15) is 12.5 Å². The van der Waals surface area contributed by atoms with E-state index in [4.69, 9.17) is 11.6 Å². The molecular weight excluding hydrogens is 304 g/mol. The van der Waals surface area contributed by atoms with E-state index in [0.717, 1.165) is 5.56 Å². The van der Waals surface area contributed by atoms with E-state index in [1.807, 2.05) is 30.3 Å². The molecule has 0 aromatic heterocycles. The van der Waals surface area contributed by atoms with Crippen molar-refractivity contribution in [1.29, 1.82) is 0 Å². The van der Waals surface area contributed by atoms with Gasteiger partial charge in [-0.3, -0.25) is 14.9 Å². The van der Waals surface area contributed by atoms with Crippen molar-refractivity contribution in [2.24, 2.45) is 0 Å². The molecule has 0 aliphatic carbocycles. The molecule has 112 valence electrons. The molecule has 0 bridgehead atoms. The summed E-state index contributed by atoms with van der Waals surface area (Å²) in [6.45, 7) is 1.66. The molecule has 1 amide bonds. The van der Waals surface area contributed by atoms with Crippen LogP contribution in [0.25, 0.3) is 6.08 Å². The summed E-state index contributed by atoms with van der Waals surface area (Å²) in [5.74, 6) is -0.369. The van der Waals surface area contributed by atoms with E-state index in [0.29, 0.717) is 5.57 Å². The molecule has 0 aliphatic heterocycles. The second-order valence-electron chi connectivity index (χ2n) is 4.61. The lowest BCUT2D eigenvalue weighted by molar-refractivity contribution is -0.384. The minimum atomic E-state index is -0.543. The SMILES string of the molecule is C/C(=C/c1ccccc1)C(=O)Nc1cc([N+](=O)[O-])ccc1Cl. The van der Waals surface area contributed by atoms with Crippen molar-refractivity contribution in [3.05, 3.63) is 74.8 Å². The maximum Gasteiger partial charge on any atom is 0.271 e. The van der Waals surface area contributed by atoms with Crippen molar-refractivity contribution in [2.75, 3.05) is 5.32 Å². The highest BCUT2D eigenvalue weighted by atomic mass is 35.5. The van der Waals surface area contributed by atoms with Gasteiger partial charge >= 0.3 is 0 Å². The monoisotopic (exact) mass is 316 g/mol. The molecule has 2 aromatic rings. The van der Waals surface area contributed by atoms with Gasteiger partial charge in [0.25, 0.3) is 11.6 Å². The standard InChI is InChI=1S/C16H13ClN2O3/c1-11(9-12-5-3-2-4-6-12)16(20)18-15-10-13(19(21)22)7-8-14(15)17/h2-10H,1H3,(H,18,20)/b11-9-. The van der Waals surface area contributed by atoms with Crippen molar-refractivity contribution < 1.29 is 9.72 Å². The summed E-state index contributed by atoms with van der Waals surface area (Å²) >= 11 is 5.95. The zero-order valence-electron chi connectivity index (χ0n) is 11.7. The highest BCUT2D eigenvalue weighted by Gasteiger charge is 2.13. The van der Waals surface area contributed by atoms with Gasteiger partial charge in [0.05, 0.1) is 15.6 Å². The number of hydrogen-bond donors (Lipinski definition) is 1. The van der Waals surface area contributed by atoms with E-state index in [1.165, 1.54) is 18.2 Å². The molecule has 0 radical (unpaired) electrons. The Morgan fingerprint density at radius 2 is 1.91 bits per heavy atom. The number of rotatable bonds is 4. The van der Waals surface area contributed by atoms with Crippen LogP contribution < -0.4 is 5.32 Å². The van der Waals surface area contributed by atoms with Crippen molar-refractivity contribution in [1.82, 2.24) is 0 Å². The number of nitro groups is 1. The fourth-order valence-electron chi connectivity index (χ4n) is 1.81. The van der Waals surface area contributed by atoms with Crippen LogP contribution in [0, 0.1) is 10.1 Å². The number of halogens is 1. The van der Waals surface area contributed by atoms with Crippen molar-refractivity contribution in [3.8, 4) is 0 Å². The molecule has 22 heavy (non-hydrogen) atoms. The number of carbonyl (C=O) groups is 1. The third-order valence-corrected chi connectivity index (χ3v) is 3.28. The number of amides is 1. The van der Waals surface area contributed by atoms with Gasteiger partial charge in [-0.15, -0.1) is 0 Å². The molecular formula is C16H13ClN2O3. The lowest BCUT2D eigenvalue weighted by Crippen LogP contribution is -2.13. The predicted molar refractivity (Wildman–Crippen MR) is 86.8 cm³/mol. The van der Waals surface area contributed by atoms with Gasteiger partial charge in [0.15, 0.2) is 0 Å². The Morgan fingerprint density at radius 3 is 2.55 bits per heavy atom. The van der Waals surface area contributed by atoms with Crippen LogP contribution in [0.4, 0.5) is 11.4 Å². The van der Waals surface area contributed by atoms with Crippen molar-refractivity contribution in [3.63, 3.8) is 0 Å². The molecule has 0 heterocycles. The third-order valence-electron chi connectivity index (χ3n) is 2.95. The summed E-state index contributed by atoms with van der Waals surface area (Å²) < 4.78 is 0. The second-order valence-corrected chi connectivity index (χ2v) is 5.02. The van der Waals surface area contributed by atoms with Crippen LogP contribution in [0.2, 0.25) is 5.02 Å². The van der Waals surface area contributed by atoms with E-state index in [1.54, 1.807) is 13.0 Å². The third kappa shape index (κ3) is 3.93. The first-order chi connectivity index (χ1) is 10.5. The Balaban J connectivity index is 2.20. The average Bonchev–Trinajstić information content (AvgIpc) is 2.50. The molecule has 2 rings (SSSR count). The lowest BCUT2D eigenvalue weighted by Gasteiger charge is -2.07. The molecule has 0 saturated carbocycles. The van der Waals surface area contributed by atoms with Crippen molar-refractivity contribution >= 4 is 35.0 Å². The minimum Gasteiger partial charge on any atom is -0.321 e. The van der Waals surface area contributed by atoms with Crippen LogP contribution in [-0.2, 0) is 4.79 Å². The van der Waals surface area contributed by atoms with Crippen LogP contribution in [0.5, 0.6) is 0 Å². The summed E-state index contributed by atoms with van der Waals surface area (Å²) in [6, 6.07) is 13.3. The fourth-order valence-corrected chi connectivity index (χ4v) is 1.97. The fraction of sp³-hybridized carbons (Fsp3) is 0.0625. The molecule has 0 spiro atoms. The van der Waals surface area contributed by atoms with Crippen LogP contribution >= 0.6 is 11.6 Å². The summed E-state index contributed by atoms with van der Waals surface area (Å²) in [4.78, 5) is 22.4. The van der Waals surface area contributed by atoms with Crippen LogP contribution in [-0.4, -0.2) is 10.8 Å². The molecule has 5 nitrogen and oxygen atoms in total. The zero-order valence-corrected chi connectivity index (χ0v) is 12.5. The number of nitrogens with one attached hydrogen (secondary N) is 1. The first kappa shape index (κ1) is 15.7. The summed E-state index contributed by atoms with van der Waals surface area (Å²) in [6.07, 6.45) is 1.72. The first-order valence-electron chi connectivity index (χ1n) is 6.46. The molecule has 2 aromatic carbocycles. The maximum absolute atomic E-state index is 12.1. The summed E-state index contributed by atoms with van der Waals surface area (Å²) in [5, 5.41) is 13.6. The maximum atomic E-state index is 12.1. The molecule has 0 fully saturated rings. The molecule has 0 saturated heterocycles. The van der Waals surface area contributed by atoms with Gasteiger partial charge in [0.2, 0.25) is 0 Å². The van der Waals surface area contributed by atoms with Gasteiger partial charge in [0, 0.05) is 17.7 Å². The second kappa shape index (κ2) is 6.87. The summed E-state index contributed by atoms with van der Waals surface area (Å²) in [5.41, 5.74) is 1.43. The number of non-ortho nitro benzene ring substituents is 1. The lowest BCUT2D eigenvalue weighted by atomic mass is 10.1. The minimum absolute atomic E-state index is 0.135. The van der Waals surface area contributed by atoms with Gasteiger partial charge in [-0.25, -0.2) is 0 Å².